The van der Waals surface area contributed by atoms with Gasteiger partial charge in [0.2, 0.25) is 5.91 Å². The quantitative estimate of drug-likeness (QED) is 0.493. The molecular weight excluding hydrogens is 362 g/mol. The van der Waals surface area contributed by atoms with E-state index in [0.717, 1.165) is 22.2 Å². The average molecular weight is 381 g/mol. The van der Waals surface area contributed by atoms with Gasteiger partial charge in [-0.1, -0.05) is 18.2 Å². The topological polar surface area (TPSA) is 131 Å². The molecule has 0 atom stereocenters. The van der Waals surface area contributed by atoms with Crippen molar-refractivity contribution in [1.82, 2.24) is 25.4 Å². The molecule has 0 bridgehead atoms. The van der Waals surface area contributed by atoms with E-state index in [9.17, 15) is 14.4 Å². The van der Waals surface area contributed by atoms with Crippen LogP contribution in [-0.2, 0) is 29.1 Å². The second kappa shape index (κ2) is 7.18. The molecular formula is C19H19N5O4. The van der Waals surface area contributed by atoms with E-state index < -0.39 is 18.3 Å². The molecule has 2 aromatic heterocycles. The number of aromatic amines is 2. The molecule has 0 aliphatic carbocycles. The molecule has 28 heavy (non-hydrogen) atoms. The van der Waals surface area contributed by atoms with Crippen molar-refractivity contribution in [3.05, 3.63) is 53.0 Å². The number of H-pyrrole nitrogens is 2. The molecule has 1 aliphatic rings. The first kappa shape index (κ1) is 17.8. The highest BCUT2D eigenvalue weighted by atomic mass is 16.4. The van der Waals surface area contributed by atoms with Crippen LogP contribution in [-0.4, -0.2) is 49.5 Å². The van der Waals surface area contributed by atoms with Crippen molar-refractivity contribution in [3.8, 4) is 0 Å². The molecule has 9 heteroatoms. The Balaban J connectivity index is 1.48. The van der Waals surface area contributed by atoms with Crippen molar-refractivity contribution in [2.75, 3.05) is 6.54 Å². The number of carbonyl (C=O) groups excluding carboxylic acids is 2. The number of aliphatic carboxylic acids is 1. The van der Waals surface area contributed by atoms with Crippen LogP contribution in [0.3, 0.4) is 0 Å². The molecule has 0 radical (unpaired) electrons. The number of aromatic nitrogens is 3. The van der Waals surface area contributed by atoms with Crippen LogP contribution in [0.15, 0.2) is 30.3 Å². The van der Waals surface area contributed by atoms with Gasteiger partial charge in [-0.25, -0.2) is 0 Å². The fourth-order valence-electron chi connectivity index (χ4n) is 3.41. The van der Waals surface area contributed by atoms with Crippen LogP contribution in [0.5, 0.6) is 0 Å². The van der Waals surface area contributed by atoms with E-state index in [1.807, 2.05) is 30.3 Å². The molecule has 0 spiro atoms. The third-order valence-corrected chi connectivity index (χ3v) is 4.83. The second-order valence-corrected chi connectivity index (χ2v) is 6.72. The summed E-state index contributed by atoms with van der Waals surface area (Å²) in [6.45, 7) is 1.06. The minimum absolute atomic E-state index is 0.0936. The number of nitrogens with one attached hydrogen (secondary N) is 3. The Morgan fingerprint density at radius 2 is 2.07 bits per heavy atom. The summed E-state index contributed by atoms with van der Waals surface area (Å²) in [4.78, 5) is 40.0. The Labute approximate surface area is 159 Å². The summed E-state index contributed by atoms with van der Waals surface area (Å²) >= 11 is 0. The first-order valence-electron chi connectivity index (χ1n) is 8.92. The first-order chi connectivity index (χ1) is 13.5. The molecule has 3 heterocycles. The number of amides is 2. The van der Waals surface area contributed by atoms with Gasteiger partial charge in [0.15, 0.2) is 0 Å². The lowest BCUT2D eigenvalue weighted by Gasteiger charge is -2.26. The van der Waals surface area contributed by atoms with Gasteiger partial charge in [0.05, 0.1) is 12.2 Å². The molecule has 2 amide bonds. The lowest BCUT2D eigenvalue weighted by Crippen LogP contribution is -2.36. The number of carboxylic acid groups (broad SMARTS) is 1. The zero-order valence-electron chi connectivity index (χ0n) is 15.0. The molecule has 144 valence electrons. The SMILES string of the molecule is O=C(O)CC(=O)NCc1n[nH]c2c1CN(C(=O)c1cc3ccccc3[nH]1)CC2. The van der Waals surface area contributed by atoms with Gasteiger partial charge in [0.25, 0.3) is 5.91 Å². The first-order valence-corrected chi connectivity index (χ1v) is 8.92. The largest absolute Gasteiger partial charge is 0.481 e. The fourth-order valence-corrected chi connectivity index (χ4v) is 3.41. The van der Waals surface area contributed by atoms with Gasteiger partial charge < -0.3 is 20.3 Å². The smallest absolute Gasteiger partial charge is 0.312 e. The third kappa shape index (κ3) is 3.46. The molecule has 0 saturated heterocycles. The number of para-hydroxylation sites is 1. The van der Waals surface area contributed by atoms with Crippen LogP contribution in [0.25, 0.3) is 10.9 Å². The van der Waals surface area contributed by atoms with Gasteiger partial charge >= 0.3 is 5.97 Å². The molecule has 4 rings (SSSR count). The summed E-state index contributed by atoms with van der Waals surface area (Å²) in [6, 6.07) is 9.56. The van der Waals surface area contributed by atoms with E-state index >= 15 is 0 Å². The van der Waals surface area contributed by atoms with Gasteiger partial charge in [0.1, 0.15) is 12.1 Å². The molecule has 1 aromatic carbocycles. The van der Waals surface area contributed by atoms with Crippen molar-refractivity contribution in [2.45, 2.75) is 25.9 Å². The summed E-state index contributed by atoms with van der Waals surface area (Å²) in [6.07, 6.45) is 0.0506. The van der Waals surface area contributed by atoms with Crippen molar-refractivity contribution < 1.29 is 19.5 Å². The fraction of sp³-hybridized carbons (Fsp3) is 0.263. The Hall–Kier alpha value is -3.62. The Morgan fingerprint density at radius 3 is 2.86 bits per heavy atom. The molecule has 9 nitrogen and oxygen atoms in total. The Kier molecular flexibility index (Phi) is 4.56. The maximum atomic E-state index is 12.9. The lowest BCUT2D eigenvalue weighted by molar-refractivity contribution is -0.140. The predicted molar refractivity (Wildman–Crippen MR) is 99.4 cm³/mol. The zero-order chi connectivity index (χ0) is 19.7. The monoisotopic (exact) mass is 381 g/mol. The van der Waals surface area contributed by atoms with E-state index in [0.29, 0.717) is 30.9 Å². The zero-order valence-corrected chi connectivity index (χ0v) is 15.0. The van der Waals surface area contributed by atoms with Crippen LogP contribution in [0, 0.1) is 0 Å². The predicted octanol–water partition coefficient (Wildman–Crippen LogP) is 1.18. The van der Waals surface area contributed by atoms with Crippen molar-refractivity contribution in [1.29, 1.82) is 0 Å². The Morgan fingerprint density at radius 1 is 1.25 bits per heavy atom. The normalized spacial score (nSPS) is 13.4. The van der Waals surface area contributed by atoms with Crippen molar-refractivity contribution in [2.24, 2.45) is 0 Å². The highest BCUT2D eigenvalue weighted by molar-refractivity contribution is 5.98. The van der Waals surface area contributed by atoms with Gasteiger partial charge in [-0.05, 0) is 12.1 Å². The van der Waals surface area contributed by atoms with Crippen LogP contribution in [0.4, 0.5) is 0 Å². The molecule has 4 N–H and O–H groups in total. The number of fused-ring (bicyclic) bond motifs is 2. The number of rotatable bonds is 5. The summed E-state index contributed by atoms with van der Waals surface area (Å²) in [5.74, 6) is -1.85. The number of hydrogen-bond donors (Lipinski definition) is 4. The summed E-state index contributed by atoms with van der Waals surface area (Å²) < 4.78 is 0. The number of carbonyl (C=O) groups is 3. The number of hydrogen-bond acceptors (Lipinski definition) is 4. The van der Waals surface area contributed by atoms with E-state index in [2.05, 4.69) is 20.5 Å². The summed E-state index contributed by atoms with van der Waals surface area (Å²) in [7, 11) is 0. The summed E-state index contributed by atoms with van der Waals surface area (Å²) in [5.41, 5.74) is 3.86. The highest BCUT2D eigenvalue weighted by Gasteiger charge is 2.26. The van der Waals surface area contributed by atoms with E-state index in [1.54, 1.807) is 4.90 Å². The van der Waals surface area contributed by atoms with Crippen molar-refractivity contribution >= 4 is 28.7 Å². The van der Waals surface area contributed by atoms with Crippen LogP contribution in [0.2, 0.25) is 0 Å². The minimum atomic E-state index is -1.18. The lowest BCUT2D eigenvalue weighted by atomic mass is 10.0. The number of benzene rings is 1. The number of nitrogens with zero attached hydrogens (tertiary/aromatic N) is 2. The van der Waals surface area contributed by atoms with Gasteiger partial charge in [-0.2, -0.15) is 5.10 Å². The Bertz CT molecular complexity index is 1030. The van der Waals surface area contributed by atoms with Crippen molar-refractivity contribution in [3.63, 3.8) is 0 Å². The van der Waals surface area contributed by atoms with Gasteiger partial charge in [-0.3, -0.25) is 19.5 Å². The molecule has 1 aliphatic heterocycles. The molecule has 0 unspecified atom stereocenters. The highest BCUT2D eigenvalue weighted by Crippen LogP contribution is 2.23. The van der Waals surface area contributed by atoms with Crippen LogP contribution < -0.4 is 5.32 Å². The second-order valence-electron chi connectivity index (χ2n) is 6.72. The summed E-state index contributed by atoms with van der Waals surface area (Å²) in [5, 5.41) is 19.4. The average Bonchev–Trinajstić information content (AvgIpc) is 3.28. The molecule has 0 fully saturated rings. The third-order valence-electron chi connectivity index (χ3n) is 4.83. The maximum Gasteiger partial charge on any atom is 0.312 e. The van der Waals surface area contributed by atoms with E-state index in [4.69, 9.17) is 5.11 Å². The number of carboxylic acids is 1. The molecule has 0 saturated carbocycles. The minimum Gasteiger partial charge on any atom is -0.481 e. The van der Waals surface area contributed by atoms with E-state index in [-0.39, 0.29) is 12.5 Å². The van der Waals surface area contributed by atoms with Crippen LogP contribution in [0.1, 0.15) is 33.9 Å². The molecule has 3 aromatic rings. The van der Waals surface area contributed by atoms with E-state index in [1.165, 1.54) is 0 Å². The standard InChI is InChI=1S/C19H19N5O4/c25-17(8-18(26)27)20-9-16-12-10-24(6-5-14(12)22-23-16)19(28)15-7-11-3-1-2-4-13(11)21-15/h1-4,7,21H,5-6,8-10H2,(H,20,25)(H,22,23)(H,26,27). The van der Waals surface area contributed by atoms with Crippen LogP contribution >= 0.6 is 0 Å². The maximum absolute atomic E-state index is 12.9. The van der Waals surface area contributed by atoms with Gasteiger partial charge in [-0.15, -0.1) is 0 Å². The van der Waals surface area contributed by atoms with Gasteiger partial charge in [0, 0.05) is 41.7 Å².